The van der Waals surface area contributed by atoms with Gasteiger partial charge in [0.1, 0.15) is 17.7 Å². The van der Waals surface area contributed by atoms with E-state index in [9.17, 15) is 9.50 Å². The fraction of sp³-hybridized carbons (Fsp3) is 0.154. The molecule has 1 unspecified atom stereocenters. The van der Waals surface area contributed by atoms with Crippen LogP contribution in [-0.2, 0) is 0 Å². The summed E-state index contributed by atoms with van der Waals surface area (Å²) in [6.45, 7) is 0. The monoisotopic (exact) mass is 311 g/mol. The van der Waals surface area contributed by atoms with E-state index in [1.54, 1.807) is 18.2 Å². The Balaban J connectivity index is 2.44. The Hall–Kier alpha value is -1.46. The molecule has 0 spiro atoms. The standard InChI is InChI=1S/C13H11BrFNO2/c1-18-12-3-2-9(14)5-11(12)13(17)8-4-10(15)7-16-6-8/h2-7,13,17H,1H3. The molecule has 1 atom stereocenters. The summed E-state index contributed by atoms with van der Waals surface area (Å²) in [5.41, 5.74) is 0.936. The number of hydrogen-bond acceptors (Lipinski definition) is 3. The summed E-state index contributed by atoms with van der Waals surface area (Å²) >= 11 is 3.32. The third-order valence-electron chi connectivity index (χ3n) is 2.53. The highest BCUT2D eigenvalue weighted by Gasteiger charge is 2.16. The molecule has 2 aromatic rings. The van der Waals surface area contributed by atoms with Crippen LogP contribution in [0, 0.1) is 5.82 Å². The zero-order valence-electron chi connectivity index (χ0n) is 9.60. The fourth-order valence-electron chi connectivity index (χ4n) is 1.68. The van der Waals surface area contributed by atoms with Gasteiger partial charge in [-0.25, -0.2) is 4.39 Å². The molecule has 1 aromatic heterocycles. The molecule has 0 radical (unpaired) electrons. The van der Waals surface area contributed by atoms with Gasteiger partial charge in [-0.2, -0.15) is 0 Å². The summed E-state index contributed by atoms with van der Waals surface area (Å²) < 4.78 is 19.1. The molecule has 94 valence electrons. The summed E-state index contributed by atoms with van der Waals surface area (Å²) in [6.07, 6.45) is 1.53. The molecule has 0 amide bonds. The van der Waals surface area contributed by atoms with Crippen molar-refractivity contribution in [2.24, 2.45) is 0 Å². The smallest absolute Gasteiger partial charge is 0.141 e. The molecular weight excluding hydrogens is 301 g/mol. The maximum atomic E-state index is 13.1. The van der Waals surface area contributed by atoms with Gasteiger partial charge in [0.15, 0.2) is 0 Å². The quantitative estimate of drug-likeness (QED) is 0.947. The minimum atomic E-state index is -0.986. The largest absolute Gasteiger partial charge is 0.496 e. The number of methoxy groups -OCH3 is 1. The maximum absolute atomic E-state index is 13.1. The Morgan fingerprint density at radius 1 is 1.33 bits per heavy atom. The second-order valence-corrected chi connectivity index (χ2v) is 4.64. The van der Waals surface area contributed by atoms with Gasteiger partial charge < -0.3 is 9.84 Å². The summed E-state index contributed by atoms with van der Waals surface area (Å²) in [6, 6.07) is 6.51. The van der Waals surface area contributed by atoms with Crippen molar-refractivity contribution in [3.8, 4) is 5.75 Å². The highest BCUT2D eigenvalue weighted by Crippen LogP contribution is 2.32. The Kier molecular flexibility index (Phi) is 3.93. The van der Waals surface area contributed by atoms with E-state index in [-0.39, 0.29) is 0 Å². The first-order valence-corrected chi connectivity index (χ1v) is 6.03. The Morgan fingerprint density at radius 2 is 2.11 bits per heavy atom. The molecule has 0 aliphatic carbocycles. The van der Waals surface area contributed by atoms with Crippen molar-refractivity contribution in [3.63, 3.8) is 0 Å². The van der Waals surface area contributed by atoms with Gasteiger partial charge >= 0.3 is 0 Å². The number of aromatic nitrogens is 1. The fourth-order valence-corrected chi connectivity index (χ4v) is 2.06. The van der Waals surface area contributed by atoms with E-state index in [4.69, 9.17) is 4.74 Å². The summed E-state index contributed by atoms with van der Waals surface area (Å²) in [7, 11) is 1.52. The molecule has 1 aromatic carbocycles. The van der Waals surface area contributed by atoms with Gasteiger partial charge in [0.25, 0.3) is 0 Å². The lowest BCUT2D eigenvalue weighted by atomic mass is 10.0. The zero-order chi connectivity index (χ0) is 13.1. The summed E-state index contributed by atoms with van der Waals surface area (Å²) in [4.78, 5) is 3.72. The lowest BCUT2D eigenvalue weighted by molar-refractivity contribution is 0.213. The first-order valence-electron chi connectivity index (χ1n) is 5.24. The van der Waals surface area contributed by atoms with Crippen LogP contribution in [0.15, 0.2) is 41.1 Å². The van der Waals surface area contributed by atoms with Crippen LogP contribution in [-0.4, -0.2) is 17.2 Å². The van der Waals surface area contributed by atoms with Crippen molar-refractivity contribution >= 4 is 15.9 Å². The van der Waals surface area contributed by atoms with Gasteiger partial charge in [-0.05, 0) is 24.3 Å². The minimum Gasteiger partial charge on any atom is -0.496 e. The van der Waals surface area contributed by atoms with Crippen LogP contribution in [0.5, 0.6) is 5.75 Å². The molecule has 5 heteroatoms. The van der Waals surface area contributed by atoms with E-state index >= 15 is 0 Å². The molecule has 1 N–H and O–H groups in total. The lowest BCUT2D eigenvalue weighted by Crippen LogP contribution is -2.03. The Labute approximate surface area is 112 Å². The number of benzene rings is 1. The van der Waals surface area contributed by atoms with Crippen LogP contribution < -0.4 is 4.74 Å². The van der Waals surface area contributed by atoms with Crippen molar-refractivity contribution in [1.82, 2.24) is 4.98 Å². The Bertz CT molecular complexity index is 562. The summed E-state index contributed by atoms with van der Waals surface area (Å²) in [5.74, 6) is 0.0514. The number of ether oxygens (including phenoxy) is 1. The number of rotatable bonds is 3. The second-order valence-electron chi connectivity index (χ2n) is 3.73. The van der Waals surface area contributed by atoms with Gasteiger partial charge in [-0.3, -0.25) is 4.98 Å². The van der Waals surface area contributed by atoms with Crippen LogP contribution in [0.3, 0.4) is 0 Å². The predicted molar refractivity (Wildman–Crippen MR) is 69.0 cm³/mol. The van der Waals surface area contributed by atoms with Crippen LogP contribution in [0.2, 0.25) is 0 Å². The predicted octanol–water partition coefficient (Wildman–Crippen LogP) is 3.07. The number of hydrogen-bond donors (Lipinski definition) is 1. The van der Waals surface area contributed by atoms with Crippen LogP contribution in [0.25, 0.3) is 0 Å². The van der Waals surface area contributed by atoms with Gasteiger partial charge in [-0.15, -0.1) is 0 Å². The number of aliphatic hydroxyl groups excluding tert-OH is 1. The van der Waals surface area contributed by atoms with Crippen LogP contribution in [0.4, 0.5) is 4.39 Å². The van der Waals surface area contributed by atoms with Gasteiger partial charge in [0.2, 0.25) is 0 Å². The normalized spacial score (nSPS) is 12.2. The molecule has 0 bridgehead atoms. The first-order chi connectivity index (χ1) is 8.61. The van der Waals surface area contributed by atoms with Crippen molar-refractivity contribution in [3.05, 3.63) is 58.1 Å². The second kappa shape index (κ2) is 5.46. The molecule has 18 heavy (non-hydrogen) atoms. The highest BCUT2D eigenvalue weighted by molar-refractivity contribution is 9.10. The highest BCUT2D eigenvalue weighted by atomic mass is 79.9. The Morgan fingerprint density at radius 3 is 2.78 bits per heavy atom. The number of aliphatic hydroxyl groups is 1. The minimum absolute atomic E-state index is 0.381. The van der Waals surface area contributed by atoms with Crippen LogP contribution in [0.1, 0.15) is 17.2 Å². The molecule has 3 nitrogen and oxygen atoms in total. The van der Waals surface area contributed by atoms with Crippen molar-refractivity contribution < 1.29 is 14.2 Å². The maximum Gasteiger partial charge on any atom is 0.141 e. The van der Waals surface area contributed by atoms with E-state index in [1.165, 1.54) is 19.4 Å². The van der Waals surface area contributed by atoms with Gasteiger partial charge in [-0.1, -0.05) is 15.9 Å². The SMILES string of the molecule is COc1ccc(Br)cc1C(O)c1cncc(F)c1. The van der Waals surface area contributed by atoms with Gasteiger partial charge in [0, 0.05) is 21.8 Å². The van der Waals surface area contributed by atoms with E-state index in [0.717, 1.165) is 10.7 Å². The number of nitrogens with zero attached hydrogens (tertiary/aromatic N) is 1. The molecule has 0 aliphatic rings. The van der Waals surface area contributed by atoms with E-state index < -0.39 is 11.9 Å². The lowest BCUT2D eigenvalue weighted by Gasteiger charge is -2.15. The number of halogens is 2. The van der Waals surface area contributed by atoms with Crippen LogP contribution >= 0.6 is 15.9 Å². The average molecular weight is 312 g/mol. The third kappa shape index (κ3) is 2.68. The molecule has 0 fully saturated rings. The zero-order valence-corrected chi connectivity index (χ0v) is 11.2. The number of pyridine rings is 1. The van der Waals surface area contributed by atoms with Crippen molar-refractivity contribution in [2.45, 2.75) is 6.10 Å². The molecule has 2 rings (SSSR count). The molecule has 0 saturated carbocycles. The van der Waals surface area contributed by atoms with Crippen molar-refractivity contribution in [1.29, 1.82) is 0 Å². The topological polar surface area (TPSA) is 42.4 Å². The van der Waals surface area contributed by atoms with E-state index in [1.807, 2.05) is 0 Å². The molecule has 0 aliphatic heterocycles. The average Bonchev–Trinajstić information content (AvgIpc) is 2.38. The third-order valence-corrected chi connectivity index (χ3v) is 3.02. The van der Waals surface area contributed by atoms with E-state index in [0.29, 0.717) is 16.9 Å². The summed E-state index contributed by atoms with van der Waals surface area (Å²) in [5, 5.41) is 10.2. The molecule has 0 saturated heterocycles. The molecule has 1 heterocycles. The van der Waals surface area contributed by atoms with Crippen molar-refractivity contribution in [2.75, 3.05) is 7.11 Å². The van der Waals surface area contributed by atoms with E-state index in [2.05, 4.69) is 20.9 Å². The molecular formula is C13H11BrFNO2. The van der Waals surface area contributed by atoms with Gasteiger partial charge in [0.05, 0.1) is 13.3 Å². The first kappa shape index (κ1) is 13.0.